The summed E-state index contributed by atoms with van der Waals surface area (Å²) in [5.41, 5.74) is 5.89. The Kier molecular flexibility index (Phi) is 8.42. The zero-order valence-electron chi connectivity index (χ0n) is 26.1. The minimum absolute atomic E-state index is 0.00624. The van der Waals surface area contributed by atoms with Gasteiger partial charge in [0.2, 0.25) is 0 Å². The molecule has 46 heavy (non-hydrogen) atoms. The number of rotatable bonds is 9. The van der Waals surface area contributed by atoms with Gasteiger partial charge in [-0.2, -0.15) is 0 Å². The molecule has 0 spiro atoms. The predicted octanol–water partition coefficient (Wildman–Crippen LogP) is 7.49. The van der Waals surface area contributed by atoms with Crippen molar-refractivity contribution >= 4 is 33.0 Å². The fourth-order valence-corrected chi connectivity index (χ4v) is 6.79. The molecule has 1 N–H and O–H groups in total. The first-order chi connectivity index (χ1) is 22.2. The molecule has 0 radical (unpaired) electrons. The van der Waals surface area contributed by atoms with Gasteiger partial charge in [0.1, 0.15) is 6.17 Å². The maximum absolute atomic E-state index is 14.7. The lowest BCUT2D eigenvalue weighted by atomic mass is 9.98. The molecule has 1 heterocycles. The van der Waals surface area contributed by atoms with Crippen LogP contribution < -0.4 is 24.0 Å². The number of ether oxygens (including phenoxy) is 2. The summed E-state index contributed by atoms with van der Waals surface area (Å²) in [5, 5.41) is 0. The predicted molar refractivity (Wildman–Crippen MR) is 181 cm³/mol. The quantitative estimate of drug-likeness (QED) is 0.181. The standard InChI is InChI=1S/C37H35N3O5S/c1-25-10-15-29(16-11-25)38-46(42,43)31-19-20-33-32(23-31)37(41)40(30-17-12-26(2)13-18-30)36(39(33)24-27-8-6-5-7-9-27)28-14-21-34(44-3)35(22-28)45-4/h5-23,36,38H,24H2,1-4H3/t36-/m1/s1. The third kappa shape index (κ3) is 6.01. The lowest BCUT2D eigenvalue weighted by Crippen LogP contribution is -2.49. The molecule has 1 aliphatic rings. The zero-order valence-corrected chi connectivity index (χ0v) is 26.9. The molecule has 234 valence electrons. The molecule has 0 aliphatic carbocycles. The van der Waals surface area contributed by atoms with Crippen LogP contribution in [0.1, 0.15) is 38.8 Å². The van der Waals surface area contributed by atoms with Crippen LogP contribution in [-0.2, 0) is 16.6 Å². The lowest BCUT2D eigenvalue weighted by Gasteiger charge is -2.46. The number of aryl methyl sites for hydroxylation is 2. The largest absolute Gasteiger partial charge is 0.493 e. The van der Waals surface area contributed by atoms with Gasteiger partial charge in [0.15, 0.2) is 11.5 Å². The van der Waals surface area contributed by atoms with E-state index in [-0.39, 0.29) is 16.4 Å². The van der Waals surface area contributed by atoms with E-state index in [1.165, 1.54) is 6.07 Å². The third-order valence-electron chi connectivity index (χ3n) is 8.09. The van der Waals surface area contributed by atoms with Crippen LogP contribution in [0.5, 0.6) is 11.5 Å². The van der Waals surface area contributed by atoms with Crippen molar-refractivity contribution in [1.82, 2.24) is 0 Å². The van der Waals surface area contributed by atoms with Gasteiger partial charge in [-0.25, -0.2) is 8.42 Å². The van der Waals surface area contributed by atoms with Crippen molar-refractivity contribution in [3.63, 3.8) is 0 Å². The molecular weight excluding hydrogens is 598 g/mol. The number of benzene rings is 5. The Balaban J connectivity index is 1.54. The Labute approximate surface area is 269 Å². The molecule has 0 bridgehead atoms. The van der Waals surface area contributed by atoms with E-state index in [1.807, 2.05) is 98.8 Å². The van der Waals surface area contributed by atoms with Crippen LogP contribution in [-0.4, -0.2) is 28.5 Å². The minimum atomic E-state index is -4.00. The van der Waals surface area contributed by atoms with Crippen LogP contribution in [0, 0.1) is 13.8 Å². The maximum atomic E-state index is 14.7. The number of hydrogen-bond donors (Lipinski definition) is 1. The minimum Gasteiger partial charge on any atom is -0.493 e. The van der Waals surface area contributed by atoms with Crippen molar-refractivity contribution in [3.8, 4) is 11.5 Å². The fourth-order valence-electron chi connectivity index (χ4n) is 5.71. The first-order valence-corrected chi connectivity index (χ1v) is 16.3. The van der Waals surface area contributed by atoms with Gasteiger partial charge < -0.3 is 14.4 Å². The van der Waals surface area contributed by atoms with Crippen LogP contribution in [0.15, 0.2) is 120 Å². The Hall–Kier alpha value is -5.28. The molecular formula is C37H35N3O5S. The maximum Gasteiger partial charge on any atom is 0.262 e. The second-order valence-electron chi connectivity index (χ2n) is 11.3. The fraction of sp³-hybridized carbons (Fsp3) is 0.162. The SMILES string of the molecule is COc1ccc([C@@H]2N(Cc3ccccc3)c3ccc(S(=O)(=O)Nc4ccc(C)cc4)cc3C(=O)N2c2ccc(C)cc2)cc1OC. The monoisotopic (exact) mass is 633 g/mol. The number of amides is 1. The van der Waals surface area contributed by atoms with Gasteiger partial charge >= 0.3 is 0 Å². The molecule has 0 unspecified atom stereocenters. The van der Waals surface area contributed by atoms with E-state index in [0.717, 1.165) is 22.3 Å². The summed E-state index contributed by atoms with van der Waals surface area (Å²) in [5.74, 6) is 0.780. The molecule has 9 heteroatoms. The van der Waals surface area contributed by atoms with Gasteiger partial charge in [-0.05, 0) is 79.6 Å². The summed E-state index contributed by atoms with van der Waals surface area (Å²) in [6, 6.07) is 35.2. The first kappa shape index (κ1) is 30.7. The number of nitrogens with one attached hydrogen (secondary N) is 1. The highest BCUT2D eigenvalue weighted by Gasteiger charge is 2.40. The van der Waals surface area contributed by atoms with Gasteiger partial charge in [0.05, 0.1) is 30.4 Å². The molecule has 0 saturated heterocycles. The van der Waals surface area contributed by atoms with E-state index in [0.29, 0.717) is 35.1 Å². The molecule has 0 aromatic heterocycles. The molecule has 6 rings (SSSR count). The van der Waals surface area contributed by atoms with Gasteiger partial charge in [0, 0.05) is 17.9 Å². The summed E-state index contributed by atoms with van der Waals surface area (Å²) in [7, 11) is -0.840. The van der Waals surface area contributed by atoms with E-state index in [9.17, 15) is 13.2 Å². The highest BCUT2D eigenvalue weighted by Crippen LogP contribution is 2.44. The number of hydrogen-bond acceptors (Lipinski definition) is 6. The Bertz CT molecular complexity index is 1980. The number of fused-ring (bicyclic) bond motifs is 1. The molecule has 0 fully saturated rings. The second-order valence-corrected chi connectivity index (χ2v) is 12.9. The molecule has 1 atom stereocenters. The summed E-state index contributed by atoms with van der Waals surface area (Å²) in [4.78, 5) is 18.5. The zero-order chi connectivity index (χ0) is 32.4. The normalized spacial score (nSPS) is 14.5. The summed E-state index contributed by atoms with van der Waals surface area (Å²) < 4.78 is 41.0. The Morgan fingerprint density at radius 2 is 1.39 bits per heavy atom. The van der Waals surface area contributed by atoms with Crippen molar-refractivity contribution in [2.24, 2.45) is 0 Å². The molecule has 5 aromatic rings. The average Bonchev–Trinajstić information content (AvgIpc) is 3.07. The van der Waals surface area contributed by atoms with Gasteiger partial charge in [-0.15, -0.1) is 0 Å². The van der Waals surface area contributed by atoms with E-state index in [2.05, 4.69) is 9.62 Å². The van der Waals surface area contributed by atoms with Crippen molar-refractivity contribution < 1.29 is 22.7 Å². The molecule has 0 saturated carbocycles. The van der Waals surface area contributed by atoms with Crippen LogP contribution in [0.3, 0.4) is 0 Å². The highest BCUT2D eigenvalue weighted by molar-refractivity contribution is 7.92. The van der Waals surface area contributed by atoms with E-state index in [1.54, 1.807) is 43.4 Å². The second kappa shape index (κ2) is 12.6. The molecule has 5 aromatic carbocycles. The van der Waals surface area contributed by atoms with Crippen molar-refractivity contribution in [2.75, 3.05) is 28.7 Å². The highest BCUT2D eigenvalue weighted by atomic mass is 32.2. The van der Waals surface area contributed by atoms with E-state index < -0.39 is 16.2 Å². The van der Waals surface area contributed by atoms with Crippen molar-refractivity contribution in [2.45, 2.75) is 31.5 Å². The van der Waals surface area contributed by atoms with Gasteiger partial charge in [0.25, 0.3) is 15.9 Å². The van der Waals surface area contributed by atoms with E-state index >= 15 is 0 Å². The molecule has 1 aliphatic heterocycles. The van der Waals surface area contributed by atoms with Crippen LogP contribution in [0.2, 0.25) is 0 Å². The average molecular weight is 634 g/mol. The first-order valence-electron chi connectivity index (χ1n) is 14.8. The topological polar surface area (TPSA) is 88.2 Å². The van der Waals surface area contributed by atoms with Crippen LogP contribution >= 0.6 is 0 Å². The number of carbonyl (C=O) groups is 1. The van der Waals surface area contributed by atoms with Gasteiger partial charge in [-0.3, -0.25) is 14.4 Å². The van der Waals surface area contributed by atoms with Crippen molar-refractivity contribution in [3.05, 3.63) is 143 Å². The Morgan fingerprint density at radius 1 is 0.739 bits per heavy atom. The lowest BCUT2D eigenvalue weighted by molar-refractivity contribution is 0.0968. The number of methoxy groups -OCH3 is 2. The van der Waals surface area contributed by atoms with Crippen LogP contribution in [0.25, 0.3) is 0 Å². The number of anilines is 3. The molecule has 1 amide bonds. The summed E-state index contributed by atoms with van der Waals surface area (Å²) in [6.45, 7) is 4.36. The third-order valence-corrected chi connectivity index (χ3v) is 9.47. The number of nitrogens with zero attached hydrogens (tertiary/aromatic N) is 2. The van der Waals surface area contributed by atoms with Gasteiger partial charge in [-0.1, -0.05) is 71.8 Å². The summed E-state index contributed by atoms with van der Waals surface area (Å²) in [6.07, 6.45) is -0.601. The number of carbonyl (C=O) groups excluding carboxylic acids is 1. The Morgan fingerprint density at radius 3 is 2.04 bits per heavy atom. The van der Waals surface area contributed by atoms with Crippen molar-refractivity contribution in [1.29, 1.82) is 0 Å². The smallest absolute Gasteiger partial charge is 0.262 e. The summed E-state index contributed by atoms with van der Waals surface area (Å²) >= 11 is 0. The van der Waals surface area contributed by atoms with E-state index in [4.69, 9.17) is 9.47 Å². The van der Waals surface area contributed by atoms with Crippen LogP contribution in [0.4, 0.5) is 17.1 Å². The number of sulfonamides is 1. The molecule has 8 nitrogen and oxygen atoms in total.